The summed E-state index contributed by atoms with van der Waals surface area (Å²) in [5, 5.41) is 9.03. The Balaban J connectivity index is 3.05. The van der Waals surface area contributed by atoms with Gasteiger partial charge < -0.3 is 9.84 Å². The first kappa shape index (κ1) is 8.80. The molecule has 0 saturated carbocycles. The average molecular weight is 188 g/mol. The van der Waals surface area contributed by atoms with Crippen LogP contribution in [0.25, 0.3) is 0 Å². The van der Waals surface area contributed by atoms with Crippen molar-refractivity contribution in [3.63, 3.8) is 0 Å². The van der Waals surface area contributed by atoms with Crippen molar-refractivity contribution in [2.45, 2.75) is 0 Å². The topological polar surface area (TPSA) is 59.4 Å². The molecule has 1 rings (SSSR count). The molecule has 0 bridgehead atoms. The predicted molar refractivity (Wildman–Crippen MR) is 42.3 cm³/mol. The van der Waals surface area contributed by atoms with Gasteiger partial charge in [-0.2, -0.15) is 0 Å². The van der Waals surface area contributed by atoms with Crippen LogP contribution in [0.5, 0.6) is 5.75 Å². The van der Waals surface area contributed by atoms with Gasteiger partial charge in [0.05, 0.1) is 18.3 Å². The Labute approximate surface area is 73.8 Å². The van der Waals surface area contributed by atoms with Gasteiger partial charge in [0.1, 0.15) is 5.69 Å². The molecule has 0 aliphatic carbocycles. The number of hydrogen-bond donors (Lipinski definition) is 1. The maximum atomic E-state index is 10.9. The lowest BCUT2D eigenvalue weighted by Gasteiger charge is -1.99. The second-order valence-corrected chi connectivity index (χ2v) is 2.42. The summed E-state index contributed by atoms with van der Waals surface area (Å²) in [5.41, 5.74) is 0.0697. The van der Waals surface area contributed by atoms with Crippen LogP contribution in [0.2, 0.25) is 5.02 Å². The number of carbonyl (C=O) groups is 1. The first-order valence-corrected chi connectivity index (χ1v) is 3.45. The molecule has 1 N–H and O–H groups in total. The summed E-state index contributed by atoms with van der Waals surface area (Å²) in [5.74, 6) is -0.749. The van der Waals surface area contributed by atoms with E-state index in [1.54, 1.807) is 0 Å². The van der Waals surface area contributed by atoms with Crippen LogP contribution in [0.4, 0.5) is 0 Å². The highest BCUT2D eigenvalue weighted by molar-refractivity contribution is 6.32. The number of rotatable bonds is 1. The van der Waals surface area contributed by atoms with Crippen molar-refractivity contribution in [3.8, 4) is 5.75 Å². The Kier molecular flexibility index (Phi) is 2.50. The molecule has 5 heteroatoms. The van der Waals surface area contributed by atoms with E-state index in [4.69, 9.17) is 16.7 Å². The number of aromatic nitrogens is 1. The zero-order valence-electron chi connectivity index (χ0n) is 6.24. The Hall–Kier alpha value is -1.29. The second kappa shape index (κ2) is 3.40. The summed E-state index contributed by atoms with van der Waals surface area (Å²) in [6.07, 6.45) is 1.09. The summed E-state index contributed by atoms with van der Waals surface area (Å²) in [6.45, 7) is 0. The van der Waals surface area contributed by atoms with E-state index in [2.05, 4.69) is 9.72 Å². The first-order valence-electron chi connectivity index (χ1n) is 3.08. The van der Waals surface area contributed by atoms with E-state index in [1.807, 2.05) is 0 Å². The van der Waals surface area contributed by atoms with E-state index in [9.17, 15) is 4.79 Å². The van der Waals surface area contributed by atoms with Gasteiger partial charge in [-0.1, -0.05) is 11.6 Å². The molecular weight excluding hydrogens is 182 g/mol. The van der Waals surface area contributed by atoms with Gasteiger partial charge in [0.15, 0.2) is 5.75 Å². The molecule has 0 aliphatic heterocycles. The van der Waals surface area contributed by atoms with Crippen LogP contribution in [-0.4, -0.2) is 23.2 Å². The van der Waals surface area contributed by atoms with Crippen LogP contribution < -0.4 is 0 Å². The van der Waals surface area contributed by atoms with Crippen LogP contribution >= 0.6 is 11.6 Å². The Morgan fingerprint density at radius 1 is 1.75 bits per heavy atom. The molecule has 0 unspecified atom stereocenters. The summed E-state index contributed by atoms with van der Waals surface area (Å²) in [7, 11) is 1.24. The first-order chi connectivity index (χ1) is 5.65. The van der Waals surface area contributed by atoms with E-state index >= 15 is 0 Å². The normalized spacial score (nSPS) is 9.50. The van der Waals surface area contributed by atoms with Gasteiger partial charge in [0, 0.05) is 0 Å². The number of nitrogens with zero attached hydrogens (tertiary/aromatic N) is 1. The van der Waals surface area contributed by atoms with Crippen molar-refractivity contribution in [2.75, 3.05) is 7.11 Å². The fourth-order valence-electron chi connectivity index (χ4n) is 0.640. The molecule has 0 aromatic carbocycles. The molecule has 0 aliphatic rings. The Bertz CT molecular complexity index is 314. The standard InChI is InChI=1S/C7H6ClNO3/c1-12-7(11)5-2-4(8)6(10)3-9-5/h2-3,10H,1H3. The fourth-order valence-corrected chi connectivity index (χ4v) is 0.792. The molecule has 64 valence electrons. The van der Waals surface area contributed by atoms with E-state index in [-0.39, 0.29) is 16.5 Å². The molecule has 0 atom stereocenters. The van der Waals surface area contributed by atoms with Gasteiger partial charge in [-0.15, -0.1) is 0 Å². The third-order valence-electron chi connectivity index (χ3n) is 1.23. The van der Waals surface area contributed by atoms with Crippen LogP contribution in [0.3, 0.4) is 0 Å². The number of methoxy groups -OCH3 is 1. The van der Waals surface area contributed by atoms with Gasteiger partial charge in [-0.3, -0.25) is 0 Å². The number of hydrogen-bond acceptors (Lipinski definition) is 4. The van der Waals surface area contributed by atoms with E-state index in [1.165, 1.54) is 13.2 Å². The highest BCUT2D eigenvalue weighted by Gasteiger charge is 2.08. The number of halogens is 1. The highest BCUT2D eigenvalue weighted by atomic mass is 35.5. The van der Waals surface area contributed by atoms with E-state index in [0.29, 0.717) is 0 Å². The van der Waals surface area contributed by atoms with Crippen LogP contribution in [0.1, 0.15) is 10.5 Å². The molecule has 1 heterocycles. The van der Waals surface area contributed by atoms with Crippen molar-refractivity contribution in [1.82, 2.24) is 4.98 Å². The number of pyridine rings is 1. The van der Waals surface area contributed by atoms with Crippen molar-refractivity contribution < 1.29 is 14.6 Å². The molecular formula is C7H6ClNO3. The fraction of sp³-hybridized carbons (Fsp3) is 0.143. The number of aromatic hydroxyl groups is 1. The van der Waals surface area contributed by atoms with Crippen LogP contribution in [0.15, 0.2) is 12.3 Å². The lowest BCUT2D eigenvalue weighted by molar-refractivity contribution is 0.0594. The number of esters is 1. The molecule has 1 aromatic heterocycles. The quantitative estimate of drug-likeness (QED) is 0.672. The Morgan fingerprint density at radius 3 is 2.92 bits per heavy atom. The molecule has 0 spiro atoms. The van der Waals surface area contributed by atoms with Gasteiger partial charge >= 0.3 is 5.97 Å². The SMILES string of the molecule is COC(=O)c1cc(Cl)c(O)cn1. The molecule has 0 amide bonds. The van der Waals surface area contributed by atoms with Gasteiger partial charge in [0.2, 0.25) is 0 Å². The molecule has 0 saturated heterocycles. The molecule has 12 heavy (non-hydrogen) atoms. The number of ether oxygens (including phenoxy) is 1. The molecule has 0 fully saturated rings. The van der Waals surface area contributed by atoms with Crippen LogP contribution in [-0.2, 0) is 4.74 Å². The smallest absolute Gasteiger partial charge is 0.356 e. The minimum absolute atomic E-state index is 0.0697. The van der Waals surface area contributed by atoms with Crippen molar-refractivity contribution >= 4 is 17.6 Å². The maximum absolute atomic E-state index is 10.9. The van der Waals surface area contributed by atoms with Gasteiger partial charge in [-0.25, -0.2) is 9.78 Å². The predicted octanol–water partition coefficient (Wildman–Crippen LogP) is 1.23. The third-order valence-corrected chi connectivity index (χ3v) is 1.53. The highest BCUT2D eigenvalue weighted by Crippen LogP contribution is 2.21. The van der Waals surface area contributed by atoms with Crippen molar-refractivity contribution in [3.05, 3.63) is 23.0 Å². The summed E-state index contributed by atoms with van der Waals surface area (Å²) < 4.78 is 4.39. The largest absolute Gasteiger partial charge is 0.505 e. The third kappa shape index (κ3) is 1.65. The zero-order chi connectivity index (χ0) is 9.14. The molecule has 1 aromatic rings. The Morgan fingerprint density at radius 2 is 2.42 bits per heavy atom. The van der Waals surface area contributed by atoms with E-state index < -0.39 is 5.97 Å². The van der Waals surface area contributed by atoms with Gasteiger partial charge in [0.25, 0.3) is 0 Å². The van der Waals surface area contributed by atoms with Gasteiger partial charge in [-0.05, 0) is 6.07 Å². The summed E-state index contributed by atoms with van der Waals surface area (Å²) in [6, 6.07) is 1.24. The lowest BCUT2D eigenvalue weighted by atomic mass is 10.3. The monoisotopic (exact) mass is 187 g/mol. The zero-order valence-corrected chi connectivity index (χ0v) is 7.00. The number of carbonyl (C=O) groups excluding carboxylic acids is 1. The van der Waals surface area contributed by atoms with Crippen LogP contribution in [0, 0.1) is 0 Å². The van der Waals surface area contributed by atoms with Crippen molar-refractivity contribution in [1.29, 1.82) is 0 Å². The second-order valence-electron chi connectivity index (χ2n) is 2.01. The minimum atomic E-state index is -0.586. The molecule has 4 nitrogen and oxygen atoms in total. The summed E-state index contributed by atoms with van der Waals surface area (Å²) >= 11 is 5.52. The molecule has 0 radical (unpaired) electrons. The van der Waals surface area contributed by atoms with Crippen molar-refractivity contribution in [2.24, 2.45) is 0 Å². The average Bonchev–Trinajstić information content (AvgIpc) is 2.08. The maximum Gasteiger partial charge on any atom is 0.356 e. The minimum Gasteiger partial charge on any atom is -0.505 e. The van der Waals surface area contributed by atoms with E-state index in [0.717, 1.165) is 6.20 Å². The summed E-state index contributed by atoms with van der Waals surface area (Å²) in [4.78, 5) is 14.5. The lowest BCUT2D eigenvalue weighted by Crippen LogP contribution is -2.03.